The molecule has 0 unspecified atom stereocenters. The van der Waals surface area contributed by atoms with Gasteiger partial charge < -0.3 is 11.1 Å². The molecule has 0 radical (unpaired) electrons. The zero-order valence-electron chi connectivity index (χ0n) is 8.43. The van der Waals surface area contributed by atoms with Crippen LogP contribution in [0.25, 0.3) is 0 Å². The molecular formula is C11H18N2. The summed E-state index contributed by atoms with van der Waals surface area (Å²) in [5.41, 5.74) is 9.30. The zero-order valence-corrected chi connectivity index (χ0v) is 8.43. The molecule has 2 nitrogen and oxygen atoms in total. The van der Waals surface area contributed by atoms with Gasteiger partial charge in [-0.1, -0.05) is 26.0 Å². The van der Waals surface area contributed by atoms with E-state index < -0.39 is 0 Å². The molecule has 1 aromatic carbocycles. The number of rotatable bonds is 4. The molecule has 0 saturated heterocycles. The number of benzene rings is 1. The molecule has 0 saturated carbocycles. The van der Waals surface area contributed by atoms with Crippen LogP contribution in [-0.2, 0) is 13.0 Å². The lowest BCUT2D eigenvalue weighted by Crippen LogP contribution is -2.13. The fourth-order valence-electron chi connectivity index (χ4n) is 1.28. The minimum Gasteiger partial charge on any atom is -0.398 e. The average molecular weight is 178 g/mol. The Hall–Kier alpha value is -1.02. The van der Waals surface area contributed by atoms with Crippen LogP contribution in [0.2, 0.25) is 0 Å². The molecular weight excluding hydrogens is 160 g/mol. The van der Waals surface area contributed by atoms with Crippen LogP contribution in [0.3, 0.4) is 0 Å². The molecule has 0 amide bonds. The molecule has 72 valence electrons. The zero-order chi connectivity index (χ0) is 9.68. The van der Waals surface area contributed by atoms with Gasteiger partial charge in [0, 0.05) is 12.2 Å². The highest BCUT2D eigenvalue weighted by molar-refractivity contribution is 5.49. The summed E-state index contributed by atoms with van der Waals surface area (Å²) in [6.07, 6.45) is 1.05. The van der Waals surface area contributed by atoms with E-state index in [-0.39, 0.29) is 0 Å². The summed E-state index contributed by atoms with van der Waals surface area (Å²) in [5, 5.41) is 3.26. The predicted molar refractivity (Wildman–Crippen MR) is 57.6 cm³/mol. The van der Waals surface area contributed by atoms with E-state index in [0.717, 1.165) is 25.2 Å². The van der Waals surface area contributed by atoms with E-state index in [2.05, 4.69) is 37.4 Å². The van der Waals surface area contributed by atoms with Crippen LogP contribution in [-0.4, -0.2) is 6.54 Å². The van der Waals surface area contributed by atoms with Crippen molar-refractivity contribution in [2.75, 3.05) is 12.3 Å². The lowest BCUT2D eigenvalue weighted by molar-refractivity contribution is 0.728. The molecule has 0 aromatic heterocycles. The SMILES string of the molecule is CCNCc1ccc(CC)cc1N. The number of nitrogens with one attached hydrogen (secondary N) is 1. The summed E-state index contributed by atoms with van der Waals surface area (Å²) < 4.78 is 0. The van der Waals surface area contributed by atoms with Gasteiger partial charge in [-0.3, -0.25) is 0 Å². The molecule has 3 N–H and O–H groups in total. The van der Waals surface area contributed by atoms with Gasteiger partial charge in [0.2, 0.25) is 0 Å². The third-order valence-electron chi connectivity index (χ3n) is 2.18. The molecule has 0 bridgehead atoms. The molecule has 0 heterocycles. The largest absolute Gasteiger partial charge is 0.398 e. The highest BCUT2D eigenvalue weighted by atomic mass is 14.8. The second kappa shape index (κ2) is 4.87. The molecule has 0 aliphatic rings. The van der Waals surface area contributed by atoms with E-state index >= 15 is 0 Å². The Kier molecular flexibility index (Phi) is 3.77. The maximum atomic E-state index is 5.90. The van der Waals surface area contributed by atoms with Crippen LogP contribution in [0.1, 0.15) is 25.0 Å². The molecule has 13 heavy (non-hydrogen) atoms. The average Bonchev–Trinajstić information content (AvgIpc) is 2.16. The van der Waals surface area contributed by atoms with E-state index in [4.69, 9.17) is 5.73 Å². The Bertz CT molecular complexity index is 269. The number of nitrogen functional groups attached to an aromatic ring is 1. The van der Waals surface area contributed by atoms with Crippen LogP contribution in [0.15, 0.2) is 18.2 Å². The number of hydrogen-bond donors (Lipinski definition) is 2. The van der Waals surface area contributed by atoms with Crippen molar-refractivity contribution in [3.63, 3.8) is 0 Å². The first-order valence-electron chi connectivity index (χ1n) is 4.86. The van der Waals surface area contributed by atoms with Crippen molar-refractivity contribution in [1.29, 1.82) is 0 Å². The second-order valence-electron chi connectivity index (χ2n) is 3.17. The molecule has 0 atom stereocenters. The van der Waals surface area contributed by atoms with Crippen molar-refractivity contribution in [3.8, 4) is 0 Å². The Balaban J connectivity index is 2.73. The maximum absolute atomic E-state index is 5.90. The van der Waals surface area contributed by atoms with E-state index in [1.165, 1.54) is 11.1 Å². The summed E-state index contributed by atoms with van der Waals surface area (Å²) in [7, 11) is 0. The van der Waals surface area contributed by atoms with Crippen molar-refractivity contribution in [2.45, 2.75) is 26.8 Å². The van der Waals surface area contributed by atoms with Gasteiger partial charge in [-0.15, -0.1) is 0 Å². The van der Waals surface area contributed by atoms with Crippen LogP contribution in [0.5, 0.6) is 0 Å². The van der Waals surface area contributed by atoms with E-state index in [1.54, 1.807) is 0 Å². The fraction of sp³-hybridized carbons (Fsp3) is 0.455. The molecule has 1 rings (SSSR count). The van der Waals surface area contributed by atoms with Crippen molar-refractivity contribution in [1.82, 2.24) is 5.32 Å². The second-order valence-corrected chi connectivity index (χ2v) is 3.17. The molecule has 2 heteroatoms. The minimum absolute atomic E-state index is 0.867. The quantitative estimate of drug-likeness (QED) is 0.691. The van der Waals surface area contributed by atoms with Crippen LogP contribution in [0, 0.1) is 0 Å². The number of aryl methyl sites for hydroxylation is 1. The predicted octanol–water partition coefficient (Wildman–Crippen LogP) is 1.94. The fourth-order valence-corrected chi connectivity index (χ4v) is 1.28. The highest BCUT2D eigenvalue weighted by Gasteiger charge is 1.98. The molecule has 0 spiro atoms. The number of nitrogens with two attached hydrogens (primary N) is 1. The third kappa shape index (κ3) is 2.74. The van der Waals surface area contributed by atoms with E-state index in [9.17, 15) is 0 Å². The van der Waals surface area contributed by atoms with Crippen LogP contribution in [0.4, 0.5) is 5.69 Å². The van der Waals surface area contributed by atoms with Crippen molar-refractivity contribution in [2.24, 2.45) is 0 Å². The minimum atomic E-state index is 0.867. The number of hydrogen-bond acceptors (Lipinski definition) is 2. The summed E-state index contributed by atoms with van der Waals surface area (Å²) in [6.45, 7) is 6.08. The highest BCUT2D eigenvalue weighted by Crippen LogP contribution is 2.14. The van der Waals surface area contributed by atoms with E-state index in [0.29, 0.717) is 0 Å². The Morgan fingerprint density at radius 2 is 2.08 bits per heavy atom. The number of anilines is 1. The molecule has 1 aromatic rings. The molecule has 0 aliphatic heterocycles. The smallest absolute Gasteiger partial charge is 0.0362 e. The Morgan fingerprint density at radius 1 is 1.31 bits per heavy atom. The summed E-state index contributed by atoms with van der Waals surface area (Å²) in [4.78, 5) is 0. The van der Waals surface area contributed by atoms with Gasteiger partial charge in [0.25, 0.3) is 0 Å². The van der Waals surface area contributed by atoms with E-state index in [1.807, 2.05) is 0 Å². The van der Waals surface area contributed by atoms with Gasteiger partial charge in [0.05, 0.1) is 0 Å². The molecule has 0 aliphatic carbocycles. The standard InChI is InChI=1S/C11H18N2/c1-3-9-5-6-10(8-13-4-2)11(12)7-9/h5-7,13H,3-4,8,12H2,1-2H3. The third-order valence-corrected chi connectivity index (χ3v) is 2.18. The van der Waals surface area contributed by atoms with Crippen molar-refractivity contribution >= 4 is 5.69 Å². The summed E-state index contributed by atoms with van der Waals surface area (Å²) >= 11 is 0. The lowest BCUT2D eigenvalue weighted by atomic mass is 10.1. The Labute approximate surface area is 80.1 Å². The van der Waals surface area contributed by atoms with Gasteiger partial charge in [0.1, 0.15) is 0 Å². The first-order chi connectivity index (χ1) is 6.27. The van der Waals surface area contributed by atoms with Crippen molar-refractivity contribution < 1.29 is 0 Å². The first kappa shape index (κ1) is 10.1. The van der Waals surface area contributed by atoms with Gasteiger partial charge >= 0.3 is 0 Å². The summed E-state index contributed by atoms with van der Waals surface area (Å²) in [5.74, 6) is 0. The van der Waals surface area contributed by atoms with Gasteiger partial charge in [0.15, 0.2) is 0 Å². The van der Waals surface area contributed by atoms with Crippen LogP contribution < -0.4 is 11.1 Å². The van der Waals surface area contributed by atoms with Crippen LogP contribution >= 0.6 is 0 Å². The monoisotopic (exact) mass is 178 g/mol. The lowest BCUT2D eigenvalue weighted by Gasteiger charge is -2.07. The first-order valence-corrected chi connectivity index (χ1v) is 4.86. The normalized spacial score (nSPS) is 10.3. The Morgan fingerprint density at radius 3 is 2.62 bits per heavy atom. The van der Waals surface area contributed by atoms with Crippen molar-refractivity contribution in [3.05, 3.63) is 29.3 Å². The maximum Gasteiger partial charge on any atom is 0.0362 e. The summed E-state index contributed by atoms with van der Waals surface area (Å²) in [6, 6.07) is 6.31. The van der Waals surface area contributed by atoms with Gasteiger partial charge in [-0.2, -0.15) is 0 Å². The molecule has 0 fully saturated rings. The van der Waals surface area contributed by atoms with Gasteiger partial charge in [-0.25, -0.2) is 0 Å². The van der Waals surface area contributed by atoms with Gasteiger partial charge in [-0.05, 0) is 30.2 Å². The topological polar surface area (TPSA) is 38.0 Å².